The smallest absolute Gasteiger partial charge is 0.251 e. The summed E-state index contributed by atoms with van der Waals surface area (Å²) in [6, 6.07) is 15.9. The van der Waals surface area contributed by atoms with E-state index < -0.39 is 39.7 Å². The minimum Gasteiger partial charge on any atom is -0.390 e. The van der Waals surface area contributed by atoms with Gasteiger partial charge in [-0.05, 0) is 78.8 Å². The van der Waals surface area contributed by atoms with Crippen LogP contribution in [-0.4, -0.2) is 55.5 Å². The lowest BCUT2D eigenvalue weighted by atomic mass is 10.00. The van der Waals surface area contributed by atoms with Crippen molar-refractivity contribution in [3.63, 3.8) is 0 Å². The van der Waals surface area contributed by atoms with Crippen molar-refractivity contribution < 1.29 is 27.1 Å². The number of benzene rings is 3. The maximum Gasteiger partial charge on any atom is 0.251 e. The monoisotopic (exact) mass is 571 g/mol. The number of nitrogens with zero attached hydrogens (tertiary/aromatic N) is 1. The van der Waals surface area contributed by atoms with Crippen molar-refractivity contribution in [1.29, 1.82) is 0 Å². The maximum absolute atomic E-state index is 13.9. The van der Waals surface area contributed by atoms with Crippen LogP contribution in [0.25, 0.3) is 0 Å². The zero-order chi connectivity index (χ0) is 28.7. The summed E-state index contributed by atoms with van der Waals surface area (Å²) in [7, 11) is -3.62. The van der Waals surface area contributed by atoms with Crippen LogP contribution in [0.2, 0.25) is 0 Å². The lowest BCUT2D eigenvalue weighted by Gasteiger charge is -2.25. The number of sulfonamides is 1. The number of aliphatic hydroxyl groups excluding tert-OH is 1. The fraction of sp³-hybridized carbons (Fsp3) is 0.367. The highest BCUT2D eigenvalue weighted by molar-refractivity contribution is 7.89. The third kappa shape index (κ3) is 7.72. The van der Waals surface area contributed by atoms with Gasteiger partial charge in [0, 0.05) is 37.8 Å². The van der Waals surface area contributed by atoms with Crippen LogP contribution in [0.5, 0.6) is 0 Å². The molecule has 1 fully saturated rings. The summed E-state index contributed by atoms with van der Waals surface area (Å²) in [5.41, 5.74) is 2.72. The van der Waals surface area contributed by atoms with Gasteiger partial charge in [-0.3, -0.25) is 4.79 Å². The zero-order valence-corrected chi connectivity index (χ0v) is 23.3. The van der Waals surface area contributed by atoms with E-state index in [-0.39, 0.29) is 29.0 Å². The van der Waals surface area contributed by atoms with Gasteiger partial charge in [0.15, 0.2) is 0 Å². The van der Waals surface area contributed by atoms with Crippen molar-refractivity contribution in [1.82, 2.24) is 14.9 Å². The van der Waals surface area contributed by atoms with Crippen LogP contribution < -0.4 is 10.6 Å². The van der Waals surface area contributed by atoms with E-state index >= 15 is 0 Å². The first-order valence-electron chi connectivity index (χ1n) is 13.5. The number of hydrogen-bond donors (Lipinski definition) is 3. The van der Waals surface area contributed by atoms with Crippen LogP contribution in [0.15, 0.2) is 71.6 Å². The second-order valence-corrected chi connectivity index (χ2v) is 12.0. The molecule has 0 aliphatic carbocycles. The Labute approximate surface area is 234 Å². The molecule has 7 nitrogen and oxygen atoms in total. The number of halogens is 2. The van der Waals surface area contributed by atoms with Gasteiger partial charge in [0.25, 0.3) is 5.91 Å². The fourth-order valence-electron chi connectivity index (χ4n) is 4.84. The Kier molecular flexibility index (Phi) is 10.0. The molecule has 0 radical (unpaired) electrons. The van der Waals surface area contributed by atoms with E-state index in [1.54, 1.807) is 0 Å². The predicted molar refractivity (Wildman–Crippen MR) is 149 cm³/mol. The van der Waals surface area contributed by atoms with Gasteiger partial charge in [-0.2, -0.15) is 4.31 Å². The van der Waals surface area contributed by atoms with E-state index in [1.165, 1.54) is 34.1 Å². The third-order valence-corrected chi connectivity index (χ3v) is 8.97. The van der Waals surface area contributed by atoms with E-state index in [0.717, 1.165) is 43.0 Å². The van der Waals surface area contributed by atoms with Gasteiger partial charge in [0.05, 0.1) is 17.0 Å². The van der Waals surface area contributed by atoms with E-state index in [4.69, 9.17) is 0 Å². The Morgan fingerprint density at radius 2 is 1.60 bits per heavy atom. The van der Waals surface area contributed by atoms with Crippen molar-refractivity contribution in [2.75, 3.05) is 19.6 Å². The standard InChI is InChI=1S/C30H35F2N3O4S/c1-2-21-6-5-7-22(14-21)19-33-20-29(36)28(17-23-15-25(31)18-26(32)16-23)34-30(37)24-8-10-27(11-9-24)40(38,39)35-12-3-4-13-35/h5-11,14-16,18,28-29,33,36H,2-4,12-13,17,19-20H2,1H3,(H,34,37). The second kappa shape index (κ2) is 13.5. The van der Waals surface area contributed by atoms with Crippen molar-refractivity contribution >= 4 is 15.9 Å². The molecule has 40 heavy (non-hydrogen) atoms. The Morgan fingerprint density at radius 1 is 0.950 bits per heavy atom. The molecular weight excluding hydrogens is 536 g/mol. The number of aliphatic hydroxyl groups is 1. The topological polar surface area (TPSA) is 98.7 Å². The molecule has 3 aromatic rings. The molecule has 214 valence electrons. The molecule has 0 bridgehead atoms. The van der Waals surface area contributed by atoms with Crippen molar-refractivity contribution in [2.45, 2.75) is 56.2 Å². The van der Waals surface area contributed by atoms with Crippen LogP contribution >= 0.6 is 0 Å². The largest absolute Gasteiger partial charge is 0.390 e. The molecule has 0 spiro atoms. The van der Waals surface area contributed by atoms with E-state index in [9.17, 15) is 27.1 Å². The van der Waals surface area contributed by atoms with E-state index in [1.807, 2.05) is 18.2 Å². The molecule has 1 saturated heterocycles. The zero-order valence-electron chi connectivity index (χ0n) is 22.4. The Balaban J connectivity index is 1.46. The van der Waals surface area contributed by atoms with E-state index in [0.29, 0.717) is 19.6 Å². The number of rotatable bonds is 12. The van der Waals surface area contributed by atoms with Crippen molar-refractivity contribution in [3.8, 4) is 0 Å². The molecular formula is C30H35F2N3O4S. The highest BCUT2D eigenvalue weighted by Gasteiger charge is 2.28. The number of hydrogen-bond acceptors (Lipinski definition) is 5. The van der Waals surface area contributed by atoms with Crippen LogP contribution in [0.3, 0.4) is 0 Å². The average Bonchev–Trinajstić information content (AvgIpc) is 3.48. The lowest BCUT2D eigenvalue weighted by Crippen LogP contribution is -2.48. The first-order valence-corrected chi connectivity index (χ1v) is 14.9. The first kappa shape index (κ1) is 29.8. The summed E-state index contributed by atoms with van der Waals surface area (Å²) in [5.74, 6) is -2.04. The fourth-order valence-corrected chi connectivity index (χ4v) is 6.36. The summed E-state index contributed by atoms with van der Waals surface area (Å²) >= 11 is 0. The lowest BCUT2D eigenvalue weighted by molar-refractivity contribution is 0.0829. The van der Waals surface area contributed by atoms with Crippen molar-refractivity contribution in [2.24, 2.45) is 0 Å². The molecule has 0 aromatic heterocycles. The number of carbonyl (C=O) groups is 1. The Bertz CT molecular complexity index is 1390. The predicted octanol–water partition coefficient (Wildman–Crippen LogP) is 3.80. The van der Waals surface area contributed by atoms with Gasteiger partial charge in [0.1, 0.15) is 11.6 Å². The highest BCUT2D eigenvalue weighted by Crippen LogP contribution is 2.21. The summed E-state index contributed by atoms with van der Waals surface area (Å²) in [6.07, 6.45) is 1.44. The number of aryl methyl sites for hydroxylation is 1. The molecule has 0 saturated carbocycles. The van der Waals surface area contributed by atoms with Gasteiger partial charge in [0.2, 0.25) is 10.0 Å². The molecule has 3 N–H and O–H groups in total. The number of amides is 1. The van der Waals surface area contributed by atoms with Crippen LogP contribution in [0.4, 0.5) is 8.78 Å². The van der Waals surface area contributed by atoms with Gasteiger partial charge in [-0.25, -0.2) is 17.2 Å². The second-order valence-electron chi connectivity index (χ2n) is 10.1. The minimum absolute atomic E-state index is 0.0178. The van der Waals surface area contributed by atoms with Gasteiger partial charge in [-0.1, -0.05) is 31.2 Å². The summed E-state index contributed by atoms with van der Waals surface area (Å²) in [6.45, 7) is 3.63. The molecule has 4 rings (SSSR count). The Morgan fingerprint density at radius 3 is 2.25 bits per heavy atom. The molecule has 1 amide bonds. The first-order chi connectivity index (χ1) is 19.2. The summed E-state index contributed by atoms with van der Waals surface area (Å²) < 4.78 is 54.7. The van der Waals surface area contributed by atoms with Crippen molar-refractivity contribution in [3.05, 3.63) is 101 Å². The van der Waals surface area contributed by atoms with Crippen LogP contribution in [0, 0.1) is 11.6 Å². The van der Waals surface area contributed by atoms with Gasteiger partial charge < -0.3 is 15.7 Å². The third-order valence-electron chi connectivity index (χ3n) is 7.06. The number of nitrogens with one attached hydrogen (secondary N) is 2. The molecule has 1 heterocycles. The van der Waals surface area contributed by atoms with Gasteiger partial charge in [-0.15, -0.1) is 0 Å². The molecule has 2 atom stereocenters. The Hall–Kier alpha value is -3.18. The van der Waals surface area contributed by atoms with Gasteiger partial charge >= 0.3 is 0 Å². The minimum atomic E-state index is -3.62. The number of carbonyl (C=O) groups excluding carboxylic acids is 1. The molecule has 3 aromatic carbocycles. The quantitative estimate of drug-likeness (QED) is 0.307. The molecule has 10 heteroatoms. The maximum atomic E-state index is 13.9. The van der Waals surface area contributed by atoms with Crippen LogP contribution in [-0.2, 0) is 29.4 Å². The average molecular weight is 572 g/mol. The summed E-state index contributed by atoms with van der Waals surface area (Å²) in [4.78, 5) is 13.2. The summed E-state index contributed by atoms with van der Waals surface area (Å²) in [5, 5.41) is 17.0. The highest BCUT2D eigenvalue weighted by atomic mass is 32.2. The molecule has 2 unspecified atom stereocenters. The normalized spacial score (nSPS) is 15.6. The van der Waals surface area contributed by atoms with Crippen LogP contribution in [0.1, 0.15) is 46.8 Å². The molecule has 1 aliphatic heterocycles. The van der Waals surface area contributed by atoms with E-state index in [2.05, 4.69) is 23.6 Å². The SMILES string of the molecule is CCc1cccc(CNCC(O)C(Cc2cc(F)cc(F)c2)NC(=O)c2ccc(S(=O)(=O)N3CCCC3)cc2)c1. The molecule has 1 aliphatic rings.